The van der Waals surface area contributed by atoms with Crippen molar-refractivity contribution in [2.75, 3.05) is 25.1 Å². The van der Waals surface area contributed by atoms with Crippen LogP contribution in [0.2, 0.25) is 0 Å². The molecular formula is C18H17N3O2. The predicted molar refractivity (Wildman–Crippen MR) is 89.7 cm³/mol. The number of benzene rings is 2. The summed E-state index contributed by atoms with van der Waals surface area (Å²) >= 11 is 0. The average molecular weight is 307 g/mol. The van der Waals surface area contributed by atoms with Crippen LogP contribution in [0.1, 0.15) is 5.56 Å². The van der Waals surface area contributed by atoms with E-state index in [0.29, 0.717) is 6.54 Å². The number of anilines is 1. The third-order valence-electron chi connectivity index (χ3n) is 4.06. The molecule has 5 heteroatoms. The molecule has 3 aromatic rings. The van der Waals surface area contributed by atoms with Gasteiger partial charge in [0.2, 0.25) is 0 Å². The van der Waals surface area contributed by atoms with Gasteiger partial charge in [-0.05, 0) is 23.3 Å². The van der Waals surface area contributed by atoms with Gasteiger partial charge in [-0.2, -0.15) is 0 Å². The molecule has 0 unspecified atom stereocenters. The average Bonchev–Trinajstić information content (AvgIpc) is 3.08. The van der Waals surface area contributed by atoms with Crippen molar-refractivity contribution in [3.63, 3.8) is 0 Å². The number of aliphatic hydroxyl groups is 1. The Morgan fingerprint density at radius 3 is 3.04 bits per heavy atom. The van der Waals surface area contributed by atoms with Gasteiger partial charge in [0, 0.05) is 23.9 Å². The van der Waals surface area contributed by atoms with Gasteiger partial charge >= 0.3 is 0 Å². The first kappa shape index (κ1) is 14.0. The Kier molecular flexibility index (Phi) is 3.55. The third-order valence-corrected chi connectivity index (χ3v) is 4.06. The van der Waals surface area contributed by atoms with Gasteiger partial charge in [0.15, 0.2) is 0 Å². The molecule has 2 N–H and O–H groups in total. The summed E-state index contributed by atoms with van der Waals surface area (Å²) in [6, 6.07) is 12.4. The summed E-state index contributed by atoms with van der Waals surface area (Å²) in [5, 5.41) is 13.1. The van der Waals surface area contributed by atoms with E-state index in [4.69, 9.17) is 9.84 Å². The molecule has 1 aliphatic heterocycles. The van der Waals surface area contributed by atoms with Crippen molar-refractivity contribution in [3.8, 4) is 16.9 Å². The number of rotatable bonds is 4. The van der Waals surface area contributed by atoms with E-state index in [1.54, 1.807) is 0 Å². The van der Waals surface area contributed by atoms with Crippen LogP contribution < -0.4 is 10.1 Å². The fraction of sp³-hybridized carbons (Fsp3) is 0.222. The molecule has 0 spiro atoms. The molecule has 0 saturated heterocycles. The summed E-state index contributed by atoms with van der Waals surface area (Å²) in [7, 11) is 0. The Bertz CT molecular complexity index is 864. The molecule has 0 aliphatic carbocycles. The second kappa shape index (κ2) is 5.85. The van der Waals surface area contributed by atoms with Crippen LogP contribution in [0.4, 0.5) is 5.82 Å². The van der Waals surface area contributed by atoms with E-state index in [9.17, 15) is 0 Å². The molecule has 0 fully saturated rings. The Hall–Kier alpha value is -2.66. The molecule has 1 aromatic heterocycles. The second-order valence-corrected chi connectivity index (χ2v) is 5.50. The fourth-order valence-electron chi connectivity index (χ4n) is 2.98. The second-order valence-electron chi connectivity index (χ2n) is 5.50. The smallest absolute Gasteiger partial charge is 0.137 e. The van der Waals surface area contributed by atoms with E-state index in [1.807, 2.05) is 6.07 Å². The van der Waals surface area contributed by atoms with Gasteiger partial charge in [-0.1, -0.05) is 24.3 Å². The third kappa shape index (κ3) is 2.49. The van der Waals surface area contributed by atoms with Crippen LogP contribution in [0.5, 0.6) is 5.75 Å². The SMILES string of the molecule is OCCNc1ncnc2ccc(-c3cccc4c3OCC4)cc12. The number of nitrogens with zero attached hydrogens (tertiary/aromatic N) is 2. The first-order chi connectivity index (χ1) is 11.4. The van der Waals surface area contributed by atoms with Crippen molar-refractivity contribution in [3.05, 3.63) is 48.3 Å². The minimum Gasteiger partial charge on any atom is -0.492 e. The predicted octanol–water partition coefficient (Wildman–Crippen LogP) is 2.64. The van der Waals surface area contributed by atoms with Gasteiger partial charge in [-0.15, -0.1) is 0 Å². The van der Waals surface area contributed by atoms with Crippen molar-refractivity contribution in [1.29, 1.82) is 0 Å². The largest absolute Gasteiger partial charge is 0.492 e. The molecule has 0 radical (unpaired) electrons. The first-order valence-electron chi connectivity index (χ1n) is 7.71. The van der Waals surface area contributed by atoms with Crippen molar-refractivity contribution in [2.45, 2.75) is 6.42 Å². The minimum atomic E-state index is 0.0607. The van der Waals surface area contributed by atoms with Crippen LogP contribution in [0, 0.1) is 0 Å². The summed E-state index contributed by atoms with van der Waals surface area (Å²) in [4.78, 5) is 8.60. The van der Waals surface area contributed by atoms with E-state index < -0.39 is 0 Å². The topological polar surface area (TPSA) is 67.3 Å². The molecule has 0 bridgehead atoms. The molecular weight excluding hydrogens is 290 g/mol. The molecule has 0 saturated carbocycles. The number of hydrogen-bond acceptors (Lipinski definition) is 5. The lowest BCUT2D eigenvalue weighted by Crippen LogP contribution is -2.07. The van der Waals surface area contributed by atoms with Gasteiger partial charge in [-0.3, -0.25) is 0 Å². The highest BCUT2D eigenvalue weighted by molar-refractivity contribution is 5.93. The quantitative estimate of drug-likeness (QED) is 0.775. The number of ether oxygens (including phenoxy) is 1. The molecule has 2 aromatic carbocycles. The van der Waals surface area contributed by atoms with Gasteiger partial charge in [0.1, 0.15) is 17.9 Å². The minimum absolute atomic E-state index is 0.0607. The number of nitrogens with one attached hydrogen (secondary N) is 1. The van der Waals surface area contributed by atoms with Crippen LogP contribution in [0.3, 0.4) is 0 Å². The van der Waals surface area contributed by atoms with E-state index in [1.165, 1.54) is 11.9 Å². The highest BCUT2D eigenvalue weighted by atomic mass is 16.5. The van der Waals surface area contributed by atoms with Crippen LogP contribution >= 0.6 is 0 Å². The monoisotopic (exact) mass is 307 g/mol. The number of aromatic nitrogens is 2. The maximum absolute atomic E-state index is 9.02. The zero-order valence-corrected chi connectivity index (χ0v) is 12.6. The summed E-state index contributed by atoms with van der Waals surface area (Å²) < 4.78 is 5.81. The highest BCUT2D eigenvalue weighted by Crippen LogP contribution is 2.38. The van der Waals surface area contributed by atoms with Gasteiger partial charge in [-0.25, -0.2) is 9.97 Å². The Morgan fingerprint density at radius 2 is 2.13 bits per heavy atom. The zero-order chi connectivity index (χ0) is 15.6. The van der Waals surface area contributed by atoms with Crippen LogP contribution in [-0.4, -0.2) is 34.8 Å². The first-order valence-corrected chi connectivity index (χ1v) is 7.71. The normalized spacial score (nSPS) is 12.9. The Labute approximate surface area is 134 Å². The molecule has 116 valence electrons. The number of aliphatic hydroxyl groups excluding tert-OH is 1. The zero-order valence-electron chi connectivity index (χ0n) is 12.6. The van der Waals surface area contributed by atoms with E-state index >= 15 is 0 Å². The van der Waals surface area contributed by atoms with Crippen molar-refractivity contribution >= 4 is 16.7 Å². The van der Waals surface area contributed by atoms with E-state index in [-0.39, 0.29) is 6.61 Å². The van der Waals surface area contributed by atoms with Crippen LogP contribution in [-0.2, 0) is 6.42 Å². The summed E-state index contributed by atoms with van der Waals surface area (Å²) in [6.07, 6.45) is 2.49. The molecule has 23 heavy (non-hydrogen) atoms. The van der Waals surface area contributed by atoms with Crippen LogP contribution in [0.25, 0.3) is 22.0 Å². The lowest BCUT2D eigenvalue weighted by atomic mass is 10.00. The maximum atomic E-state index is 9.02. The molecule has 1 aliphatic rings. The van der Waals surface area contributed by atoms with Gasteiger partial charge in [0.25, 0.3) is 0 Å². The lowest BCUT2D eigenvalue weighted by Gasteiger charge is -2.11. The highest BCUT2D eigenvalue weighted by Gasteiger charge is 2.17. The summed E-state index contributed by atoms with van der Waals surface area (Å²) in [5.41, 5.74) is 4.31. The Balaban J connectivity index is 1.84. The summed E-state index contributed by atoms with van der Waals surface area (Å²) in [5.74, 6) is 1.72. The Morgan fingerprint density at radius 1 is 1.17 bits per heavy atom. The molecule has 2 heterocycles. The maximum Gasteiger partial charge on any atom is 0.137 e. The molecule has 5 nitrogen and oxygen atoms in total. The van der Waals surface area contributed by atoms with Crippen LogP contribution in [0.15, 0.2) is 42.7 Å². The lowest BCUT2D eigenvalue weighted by molar-refractivity contribution is 0.311. The molecule has 0 atom stereocenters. The van der Waals surface area contributed by atoms with Gasteiger partial charge in [0.05, 0.1) is 18.7 Å². The van der Waals surface area contributed by atoms with Crippen molar-refractivity contribution in [1.82, 2.24) is 9.97 Å². The van der Waals surface area contributed by atoms with E-state index in [0.717, 1.165) is 46.6 Å². The molecule has 4 rings (SSSR count). The van der Waals surface area contributed by atoms with Gasteiger partial charge < -0.3 is 15.2 Å². The standard InChI is InChI=1S/C18H17N3O2/c22-8-7-19-18-15-10-13(4-5-16(15)20-11-21-18)14-3-1-2-12-6-9-23-17(12)14/h1-5,10-11,22H,6-9H2,(H,19,20,21). The van der Waals surface area contributed by atoms with E-state index in [2.05, 4.69) is 45.6 Å². The van der Waals surface area contributed by atoms with Crippen molar-refractivity contribution < 1.29 is 9.84 Å². The number of fused-ring (bicyclic) bond motifs is 2. The fourth-order valence-corrected chi connectivity index (χ4v) is 2.98. The number of hydrogen-bond donors (Lipinski definition) is 2. The number of para-hydroxylation sites is 1. The summed E-state index contributed by atoms with van der Waals surface area (Å²) in [6.45, 7) is 1.26. The molecule has 0 amide bonds. The van der Waals surface area contributed by atoms with Crippen molar-refractivity contribution in [2.24, 2.45) is 0 Å².